The van der Waals surface area contributed by atoms with E-state index >= 15 is 0 Å². The Hall–Kier alpha value is -1.38. The SMILES string of the molecule is Cc1ccccc1.O=C(O)CF. The predicted octanol–water partition coefficient (Wildman–Crippen LogP) is 2.04. The van der Waals surface area contributed by atoms with Gasteiger partial charge in [0.2, 0.25) is 0 Å². The van der Waals surface area contributed by atoms with E-state index < -0.39 is 12.6 Å². The van der Waals surface area contributed by atoms with Gasteiger partial charge in [-0.15, -0.1) is 0 Å². The Morgan fingerprint density at radius 2 is 1.83 bits per heavy atom. The molecule has 0 spiro atoms. The Balaban J connectivity index is 0.000000217. The van der Waals surface area contributed by atoms with Crippen LogP contribution < -0.4 is 0 Å². The summed E-state index contributed by atoms with van der Waals surface area (Å²) >= 11 is 0. The van der Waals surface area contributed by atoms with Gasteiger partial charge in [0.25, 0.3) is 0 Å². The molecule has 0 aliphatic carbocycles. The van der Waals surface area contributed by atoms with Gasteiger partial charge in [-0.05, 0) is 6.92 Å². The molecule has 0 radical (unpaired) electrons. The second kappa shape index (κ2) is 6.34. The second-order valence-electron chi connectivity index (χ2n) is 2.18. The minimum Gasteiger partial charge on any atom is -0.479 e. The standard InChI is InChI=1S/C7H8.C2H3FO2/c1-7-5-3-2-4-6-7;3-1-2(4)5/h2-6H,1H3;1H2,(H,4,5). The molecule has 12 heavy (non-hydrogen) atoms. The second-order valence-corrected chi connectivity index (χ2v) is 2.18. The lowest BCUT2D eigenvalue weighted by molar-refractivity contribution is -0.137. The van der Waals surface area contributed by atoms with Gasteiger partial charge in [0.05, 0.1) is 0 Å². The van der Waals surface area contributed by atoms with Crippen LogP contribution in [-0.4, -0.2) is 17.8 Å². The first-order valence-corrected chi connectivity index (χ1v) is 3.46. The van der Waals surface area contributed by atoms with Crippen molar-refractivity contribution in [2.75, 3.05) is 6.67 Å². The first-order valence-electron chi connectivity index (χ1n) is 3.46. The number of aryl methyl sites for hydroxylation is 1. The minimum atomic E-state index is -1.41. The number of carboxylic acids is 1. The van der Waals surface area contributed by atoms with Crippen LogP contribution in [0.1, 0.15) is 5.56 Å². The summed E-state index contributed by atoms with van der Waals surface area (Å²) in [6.45, 7) is 0.806. The maximum atomic E-state index is 10.5. The summed E-state index contributed by atoms with van der Waals surface area (Å²) in [5.74, 6) is -1.41. The minimum absolute atomic E-state index is 1.28. The van der Waals surface area contributed by atoms with Gasteiger partial charge in [-0.3, -0.25) is 0 Å². The maximum Gasteiger partial charge on any atom is 0.335 e. The average molecular weight is 170 g/mol. The Bertz CT molecular complexity index is 221. The Labute approximate surface area is 70.7 Å². The third kappa shape index (κ3) is 6.74. The average Bonchev–Trinajstić information content (AvgIpc) is 2.07. The molecule has 0 saturated carbocycles. The molecule has 0 fully saturated rings. The van der Waals surface area contributed by atoms with Crippen LogP contribution in [0.25, 0.3) is 0 Å². The van der Waals surface area contributed by atoms with Crippen molar-refractivity contribution in [1.29, 1.82) is 0 Å². The summed E-state index contributed by atoms with van der Waals surface area (Å²) < 4.78 is 10.5. The van der Waals surface area contributed by atoms with E-state index in [0.717, 1.165) is 0 Å². The zero-order valence-corrected chi connectivity index (χ0v) is 6.83. The highest BCUT2D eigenvalue weighted by Crippen LogP contribution is 1.92. The Morgan fingerprint density at radius 1 is 1.42 bits per heavy atom. The van der Waals surface area contributed by atoms with E-state index in [2.05, 4.69) is 19.1 Å². The summed E-state index contributed by atoms with van der Waals surface area (Å²) in [5.41, 5.74) is 1.32. The van der Waals surface area contributed by atoms with Crippen molar-refractivity contribution in [3.05, 3.63) is 35.9 Å². The van der Waals surface area contributed by atoms with E-state index in [1.807, 2.05) is 18.2 Å². The third-order valence-corrected chi connectivity index (χ3v) is 1.05. The number of rotatable bonds is 1. The van der Waals surface area contributed by atoms with Gasteiger partial charge < -0.3 is 5.11 Å². The molecule has 0 heterocycles. The van der Waals surface area contributed by atoms with Gasteiger partial charge in [0.1, 0.15) is 0 Å². The normalized spacial score (nSPS) is 8.17. The number of halogens is 1. The molecule has 66 valence electrons. The van der Waals surface area contributed by atoms with Crippen LogP contribution in [-0.2, 0) is 4.79 Å². The van der Waals surface area contributed by atoms with Crippen LogP contribution in [0.2, 0.25) is 0 Å². The van der Waals surface area contributed by atoms with Crippen LogP contribution in [0.15, 0.2) is 30.3 Å². The number of hydrogen-bond donors (Lipinski definition) is 1. The molecule has 1 aromatic carbocycles. The topological polar surface area (TPSA) is 37.3 Å². The number of aliphatic carboxylic acids is 1. The summed E-state index contributed by atoms with van der Waals surface area (Å²) in [6.07, 6.45) is 0. The highest BCUT2D eigenvalue weighted by molar-refractivity contribution is 5.67. The first-order chi connectivity index (χ1) is 5.66. The van der Waals surface area contributed by atoms with Crippen LogP contribution in [0, 0.1) is 6.92 Å². The number of carbonyl (C=O) groups is 1. The monoisotopic (exact) mass is 170 g/mol. The molecule has 1 aromatic rings. The van der Waals surface area contributed by atoms with Gasteiger partial charge >= 0.3 is 5.97 Å². The highest BCUT2D eigenvalue weighted by Gasteiger charge is 1.85. The maximum absolute atomic E-state index is 10.5. The molecule has 0 aliphatic heterocycles. The lowest BCUT2D eigenvalue weighted by Gasteiger charge is -1.82. The van der Waals surface area contributed by atoms with E-state index in [-0.39, 0.29) is 0 Å². The molecule has 0 bridgehead atoms. The largest absolute Gasteiger partial charge is 0.479 e. The Kier molecular flexibility index (Phi) is 5.61. The summed E-state index contributed by atoms with van der Waals surface area (Å²) in [4.78, 5) is 8.99. The summed E-state index contributed by atoms with van der Waals surface area (Å²) in [7, 11) is 0. The molecule has 0 aromatic heterocycles. The molecule has 2 nitrogen and oxygen atoms in total. The molecule has 1 rings (SSSR count). The molecule has 0 atom stereocenters. The Morgan fingerprint density at radius 3 is 2.00 bits per heavy atom. The number of hydrogen-bond acceptors (Lipinski definition) is 1. The molecule has 0 unspecified atom stereocenters. The molecule has 0 saturated heterocycles. The quantitative estimate of drug-likeness (QED) is 0.700. The fourth-order valence-corrected chi connectivity index (χ4v) is 0.534. The molecule has 3 heteroatoms. The van der Waals surface area contributed by atoms with Gasteiger partial charge in [0, 0.05) is 0 Å². The third-order valence-electron chi connectivity index (χ3n) is 1.05. The van der Waals surface area contributed by atoms with Crippen molar-refractivity contribution < 1.29 is 14.3 Å². The van der Waals surface area contributed by atoms with Crippen LogP contribution in [0.4, 0.5) is 4.39 Å². The van der Waals surface area contributed by atoms with E-state index in [1.54, 1.807) is 0 Å². The van der Waals surface area contributed by atoms with Crippen molar-refractivity contribution in [1.82, 2.24) is 0 Å². The number of alkyl halides is 1. The van der Waals surface area contributed by atoms with Crippen LogP contribution >= 0.6 is 0 Å². The number of carboxylic acid groups (broad SMARTS) is 1. The lowest BCUT2D eigenvalue weighted by Crippen LogP contribution is -1.93. The summed E-state index contributed by atoms with van der Waals surface area (Å²) in [5, 5.41) is 7.35. The predicted molar refractivity (Wildman–Crippen MR) is 44.8 cm³/mol. The molecule has 0 amide bonds. The zero-order valence-electron chi connectivity index (χ0n) is 6.83. The first kappa shape index (κ1) is 10.6. The van der Waals surface area contributed by atoms with Gasteiger partial charge in [-0.25, -0.2) is 9.18 Å². The molecular weight excluding hydrogens is 159 g/mol. The molecule has 1 N–H and O–H groups in total. The fraction of sp³-hybridized carbons (Fsp3) is 0.222. The molecule has 0 aliphatic rings. The van der Waals surface area contributed by atoms with Gasteiger partial charge in [-0.2, -0.15) is 0 Å². The van der Waals surface area contributed by atoms with Gasteiger partial charge in [-0.1, -0.05) is 35.9 Å². The van der Waals surface area contributed by atoms with Gasteiger partial charge in [0.15, 0.2) is 6.67 Å². The fourth-order valence-electron chi connectivity index (χ4n) is 0.534. The van der Waals surface area contributed by atoms with Crippen molar-refractivity contribution in [3.8, 4) is 0 Å². The van der Waals surface area contributed by atoms with E-state index in [0.29, 0.717) is 0 Å². The van der Waals surface area contributed by atoms with Crippen molar-refractivity contribution in [2.24, 2.45) is 0 Å². The smallest absolute Gasteiger partial charge is 0.335 e. The van der Waals surface area contributed by atoms with Crippen LogP contribution in [0.5, 0.6) is 0 Å². The van der Waals surface area contributed by atoms with E-state index in [1.165, 1.54) is 5.56 Å². The molecular formula is C9H11FO2. The van der Waals surface area contributed by atoms with Crippen LogP contribution in [0.3, 0.4) is 0 Å². The van der Waals surface area contributed by atoms with Crippen molar-refractivity contribution in [2.45, 2.75) is 6.92 Å². The van der Waals surface area contributed by atoms with Crippen molar-refractivity contribution in [3.63, 3.8) is 0 Å². The van der Waals surface area contributed by atoms with Crippen molar-refractivity contribution >= 4 is 5.97 Å². The summed E-state index contributed by atoms with van der Waals surface area (Å²) in [6, 6.07) is 10.3. The van der Waals surface area contributed by atoms with E-state index in [4.69, 9.17) is 9.90 Å². The highest BCUT2D eigenvalue weighted by atomic mass is 19.1. The number of benzene rings is 1. The zero-order chi connectivity index (χ0) is 9.40. The van der Waals surface area contributed by atoms with E-state index in [9.17, 15) is 4.39 Å². The lowest BCUT2D eigenvalue weighted by atomic mass is 10.2.